The summed E-state index contributed by atoms with van der Waals surface area (Å²) in [6, 6.07) is 0. The molecule has 1 amide bonds. The Morgan fingerprint density at radius 1 is 1.50 bits per heavy atom. The number of nitrogens with one attached hydrogen (secondary N) is 2. The molecule has 0 saturated heterocycles. The summed E-state index contributed by atoms with van der Waals surface area (Å²) in [6.07, 6.45) is 3.13. The molecule has 0 heterocycles. The predicted octanol–water partition coefficient (Wildman–Crippen LogP) is 1.13. The molecule has 2 N–H and O–H groups in total. The van der Waals surface area contributed by atoms with Crippen LogP contribution in [0.5, 0.6) is 0 Å². The number of halogens is 1. The van der Waals surface area contributed by atoms with Gasteiger partial charge in [-0.15, -0.1) is 12.4 Å². The van der Waals surface area contributed by atoms with Crippen LogP contribution in [0.1, 0.15) is 13.3 Å². The van der Waals surface area contributed by atoms with Crippen molar-refractivity contribution in [2.45, 2.75) is 13.3 Å². The molecule has 1 unspecified atom stereocenters. The maximum atomic E-state index is 11.3. The number of carbonyl (C=O) groups is 1. The van der Waals surface area contributed by atoms with Crippen molar-refractivity contribution in [2.24, 2.45) is 5.92 Å². The molecule has 0 bridgehead atoms. The van der Waals surface area contributed by atoms with Crippen molar-refractivity contribution in [2.75, 3.05) is 32.1 Å². The Labute approximate surface area is 97.2 Å². The van der Waals surface area contributed by atoms with Crippen molar-refractivity contribution in [3.8, 4) is 0 Å². The van der Waals surface area contributed by atoms with Crippen LogP contribution >= 0.6 is 24.2 Å². The smallest absolute Gasteiger partial charge is 0.224 e. The second-order valence-electron chi connectivity index (χ2n) is 3.10. The van der Waals surface area contributed by atoms with Crippen molar-refractivity contribution in [3.05, 3.63) is 0 Å². The lowest BCUT2D eigenvalue weighted by molar-refractivity contribution is -0.124. The Morgan fingerprint density at radius 2 is 2.14 bits per heavy atom. The minimum absolute atomic E-state index is 0. The zero-order valence-corrected chi connectivity index (χ0v) is 10.8. The highest BCUT2D eigenvalue weighted by Crippen LogP contribution is 1.95. The van der Waals surface area contributed by atoms with E-state index < -0.39 is 0 Å². The highest BCUT2D eigenvalue weighted by atomic mass is 35.5. The molecule has 0 aliphatic carbocycles. The van der Waals surface area contributed by atoms with Gasteiger partial charge in [0.2, 0.25) is 5.91 Å². The van der Waals surface area contributed by atoms with Crippen LogP contribution in [-0.4, -0.2) is 38.1 Å². The Bertz CT molecular complexity index is 147. The molecule has 0 spiro atoms. The van der Waals surface area contributed by atoms with Crippen molar-refractivity contribution in [1.82, 2.24) is 10.6 Å². The highest BCUT2D eigenvalue weighted by molar-refractivity contribution is 7.98. The molecule has 0 rings (SSSR count). The minimum atomic E-state index is 0. The topological polar surface area (TPSA) is 41.1 Å². The SMILES string of the molecule is CNCC(C)C(=O)NCCCSC.Cl. The lowest BCUT2D eigenvalue weighted by Gasteiger charge is -2.10. The second-order valence-corrected chi connectivity index (χ2v) is 4.08. The molecule has 5 heteroatoms. The first-order chi connectivity index (χ1) is 6.22. The number of hydrogen-bond donors (Lipinski definition) is 2. The summed E-state index contributed by atoms with van der Waals surface area (Å²) in [5.74, 6) is 1.33. The number of amides is 1. The van der Waals surface area contributed by atoms with Crippen molar-refractivity contribution in [3.63, 3.8) is 0 Å². The number of carbonyl (C=O) groups excluding carboxylic acids is 1. The molecule has 1 atom stereocenters. The van der Waals surface area contributed by atoms with Gasteiger partial charge in [0.15, 0.2) is 0 Å². The number of rotatable bonds is 7. The molecular formula is C9H21ClN2OS. The third-order valence-electron chi connectivity index (χ3n) is 1.78. The van der Waals surface area contributed by atoms with Gasteiger partial charge in [-0.1, -0.05) is 6.92 Å². The van der Waals surface area contributed by atoms with Crippen LogP contribution in [-0.2, 0) is 4.79 Å². The van der Waals surface area contributed by atoms with Crippen molar-refractivity contribution < 1.29 is 4.79 Å². The molecule has 14 heavy (non-hydrogen) atoms. The van der Waals surface area contributed by atoms with Gasteiger partial charge in [0.25, 0.3) is 0 Å². The van der Waals surface area contributed by atoms with Gasteiger partial charge < -0.3 is 10.6 Å². The Kier molecular flexibility index (Phi) is 13.1. The summed E-state index contributed by atoms with van der Waals surface area (Å²) in [4.78, 5) is 11.3. The van der Waals surface area contributed by atoms with E-state index in [0.29, 0.717) is 0 Å². The van der Waals surface area contributed by atoms with Crippen molar-refractivity contribution in [1.29, 1.82) is 0 Å². The zero-order valence-electron chi connectivity index (χ0n) is 9.13. The molecule has 0 saturated carbocycles. The van der Waals surface area contributed by atoms with E-state index >= 15 is 0 Å². The molecule has 86 valence electrons. The van der Waals surface area contributed by atoms with Gasteiger partial charge in [0, 0.05) is 19.0 Å². The molecule has 0 aliphatic rings. The largest absolute Gasteiger partial charge is 0.356 e. The summed E-state index contributed by atoms with van der Waals surface area (Å²) in [5, 5.41) is 5.89. The zero-order chi connectivity index (χ0) is 10.1. The number of hydrogen-bond acceptors (Lipinski definition) is 3. The minimum Gasteiger partial charge on any atom is -0.356 e. The molecule has 0 aromatic heterocycles. The average molecular weight is 241 g/mol. The van der Waals surface area contributed by atoms with E-state index in [1.807, 2.05) is 25.7 Å². The summed E-state index contributed by atoms with van der Waals surface area (Å²) in [7, 11) is 1.86. The van der Waals surface area contributed by atoms with E-state index in [-0.39, 0.29) is 24.2 Å². The van der Waals surface area contributed by atoms with Crippen LogP contribution in [0.2, 0.25) is 0 Å². The van der Waals surface area contributed by atoms with Crippen LogP contribution in [0, 0.1) is 5.92 Å². The van der Waals surface area contributed by atoms with Crippen molar-refractivity contribution >= 4 is 30.1 Å². The highest BCUT2D eigenvalue weighted by Gasteiger charge is 2.09. The maximum Gasteiger partial charge on any atom is 0.224 e. The van der Waals surface area contributed by atoms with E-state index in [2.05, 4.69) is 16.9 Å². The van der Waals surface area contributed by atoms with E-state index in [1.165, 1.54) is 0 Å². The van der Waals surface area contributed by atoms with Gasteiger partial charge in [-0.2, -0.15) is 11.8 Å². The average Bonchev–Trinajstić information content (AvgIpc) is 2.12. The van der Waals surface area contributed by atoms with Crippen LogP contribution in [0.4, 0.5) is 0 Å². The second kappa shape index (κ2) is 11.1. The number of thioether (sulfide) groups is 1. The van der Waals surface area contributed by atoms with Crippen LogP contribution in [0.25, 0.3) is 0 Å². The summed E-state index contributed by atoms with van der Waals surface area (Å²) < 4.78 is 0. The first kappa shape index (κ1) is 16.5. The molecule has 0 radical (unpaired) electrons. The lowest BCUT2D eigenvalue weighted by Crippen LogP contribution is -2.34. The standard InChI is InChI=1S/C9H20N2OS.ClH/c1-8(7-10-2)9(12)11-5-4-6-13-3;/h8,10H,4-7H2,1-3H3,(H,11,12);1H. The fraction of sp³-hybridized carbons (Fsp3) is 0.889. The first-order valence-electron chi connectivity index (χ1n) is 4.63. The Morgan fingerprint density at radius 3 is 2.64 bits per heavy atom. The summed E-state index contributed by atoms with van der Waals surface area (Å²) >= 11 is 1.81. The maximum absolute atomic E-state index is 11.3. The van der Waals surface area contributed by atoms with E-state index in [0.717, 1.165) is 25.3 Å². The van der Waals surface area contributed by atoms with Gasteiger partial charge >= 0.3 is 0 Å². The molecule has 0 aromatic carbocycles. The molecule has 0 aliphatic heterocycles. The molecular weight excluding hydrogens is 220 g/mol. The Balaban J connectivity index is 0. The van der Waals surface area contributed by atoms with Gasteiger partial charge in [0.05, 0.1) is 0 Å². The quantitative estimate of drug-likeness (QED) is 0.656. The van der Waals surface area contributed by atoms with Crippen LogP contribution < -0.4 is 10.6 Å². The van der Waals surface area contributed by atoms with Crippen LogP contribution in [0.15, 0.2) is 0 Å². The van der Waals surface area contributed by atoms with Crippen LogP contribution in [0.3, 0.4) is 0 Å². The van der Waals surface area contributed by atoms with E-state index in [9.17, 15) is 4.79 Å². The Hall–Kier alpha value is 0.0700. The fourth-order valence-corrected chi connectivity index (χ4v) is 1.43. The fourth-order valence-electron chi connectivity index (χ4n) is 1.00. The predicted molar refractivity (Wildman–Crippen MR) is 66.3 cm³/mol. The summed E-state index contributed by atoms with van der Waals surface area (Å²) in [5.41, 5.74) is 0. The third kappa shape index (κ3) is 8.66. The van der Waals surface area contributed by atoms with E-state index in [1.54, 1.807) is 0 Å². The third-order valence-corrected chi connectivity index (χ3v) is 2.48. The van der Waals surface area contributed by atoms with Gasteiger partial charge in [-0.3, -0.25) is 4.79 Å². The van der Waals surface area contributed by atoms with Gasteiger partial charge in [0.1, 0.15) is 0 Å². The van der Waals surface area contributed by atoms with Gasteiger partial charge in [-0.25, -0.2) is 0 Å². The van der Waals surface area contributed by atoms with E-state index in [4.69, 9.17) is 0 Å². The molecule has 0 aromatic rings. The van der Waals surface area contributed by atoms with Gasteiger partial charge in [-0.05, 0) is 25.5 Å². The summed E-state index contributed by atoms with van der Waals surface area (Å²) in [6.45, 7) is 3.47. The first-order valence-corrected chi connectivity index (χ1v) is 6.03. The monoisotopic (exact) mass is 240 g/mol. The lowest BCUT2D eigenvalue weighted by atomic mass is 10.1. The normalized spacial score (nSPS) is 11.6. The molecule has 0 fully saturated rings. The molecule has 3 nitrogen and oxygen atoms in total.